The van der Waals surface area contributed by atoms with Gasteiger partial charge in [-0.2, -0.15) is 10.5 Å². The second-order valence-electron chi connectivity index (χ2n) is 8.25. The van der Waals surface area contributed by atoms with Crippen LogP contribution in [0.1, 0.15) is 27.8 Å². The molecule has 1 aliphatic rings. The van der Waals surface area contributed by atoms with Crippen molar-refractivity contribution in [1.82, 2.24) is 0 Å². The summed E-state index contributed by atoms with van der Waals surface area (Å²) < 4.78 is 21.3. The van der Waals surface area contributed by atoms with Crippen molar-refractivity contribution in [3.05, 3.63) is 125 Å². The van der Waals surface area contributed by atoms with Gasteiger partial charge in [-0.15, -0.1) is 0 Å². The summed E-state index contributed by atoms with van der Waals surface area (Å²) in [5.41, 5.74) is 5.72. The number of rotatable bonds is 5. The molecular weight excluding hydrogens is 437 g/mol. The van der Waals surface area contributed by atoms with Gasteiger partial charge < -0.3 is 4.74 Å². The number of nitriles is 2. The fraction of sp³-hybridized carbons (Fsp3) is 0.100. The fourth-order valence-corrected chi connectivity index (χ4v) is 4.30. The Bertz CT molecular complexity index is 1460. The molecule has 0 radical (unpaired) electrons. The molecule has 4 aromatic carbocycles. The summed E-state index contributed by atoms with van der Waals surface area (Å²) in [7, 11) is 0. The Morgan fingerprint density at radius 3 is 2.17 bits per heavy atom. The highest BCUT2D eigenvalue weighted by atomic mass is 19.1. The highest BCUT2D eigenvalue weighted by Gasteiger charge is 2.24. The molecule has 0 aliphatic carbocycles. The Morgan fingerprint density at radius 2 is 1.54 bits per heavy atom. The van der Waals surface area contributed by atoms with Crippen molar-refractivity contribution < 1.29 is 9.13 Å². The summed E-state index contributed by atoms with van der Waals surface area (Å²) in [5, 5.41) is 19.0. The van der Waals surface area contributed by atoms with E-state index in [0.29, 0.717) is 22.4 Å². The molecule has 35 heavy (non-hydrogen) atoms. The lowest BCUT2D eigenvalue weighted by molar-refractivity contribution is 0.285. The Hall–Kier alpha value is -4.74. The van der Waals surface area contributed by atoms with E-state index in [9.17, 15) is 5.26 Å². The first-order valence-corrected chi connectivity index (χ1v) is 11.2. The lowest BCUT2D eigenvalue weighted by Crippen LogP contribution is -2.14. The molecule has 1 aliphatic heterocycles. The van der Waals surface area contributed by atoms with Gasteiger partial charge in [-0.05, 0) is 28.8 Å². The number of ether oxygens (including phenoxy) is 1. The molecule has 0 spiro atoms. The van der Waals surface area contributed by atoms with E-state index in [-0.39, 0.29) is 18.8 Å². The number of hydrogen-bond donors (Lipinski definition) is 0. The monoisotopic (exact) mass is 457 g/mol. The minimum absolute atomic E-state index is 0.113. The number of hydrogen-bond acceptors (Lipinski definition) is 4. The maximum absolute atomic E-state index is 15.5. The summed E-state index contributed by atoms with van der Waals surface area (Å²) in [6, 6.07) is 31.7. The molecular formula is C30H20FN3O. The zero-order valence-corrected chi connectivity index (χ0v) is 18.8. The molecule has 5 heteroatoms. The lowest BCUT2D eigenvalue weighted by Gasteiger charge is -2.22. The maximum atomic E-state index is 15.5. The minimum Gasteiger partial charge on any atom is -0.485 e. The highest BCUT2D eigenvalue weighted by molar-refractivity contribution is 6.13. The number of nitrogens with zero attached hydrogens (tertiary/aromatic N) is 3. The van der Waals surface area contributed by atoms with E-state index < -0.39 is 11.9 Å². The van der Waals surface area contributed by atoms with Crippen LogP contribution in [0.5, 0.6) is 5.75 Å². The smallest absolute Gasteiger partial charge is 0.169 e. The Kier molecular flexibility index (Phi) is 6.07. The van der Waals surface area contributed by atoms with Gasteiger partial charge in [0.1, 0.15) is 12.6 Å². The van der Waals surface area contributed by atoms with Gasteiger partial charge in [0.15, 0.2) is 11.6 Å². The first-order chi connectivity index (χ1) is 17.2. The van der Waals surface area contributed by atoms with Crippen molar-refractivity contribution in [3.8, 4) is 29.0 Å². The molecule has 0 bridgehead atoms. The van der Waals surface area contributed by atoms with E-state index in [1.807, 2.05) is 72.8 Å². The average molecular weight is 458 g/mol. The number of benzene rings is 4. The number of halogens is 1. The minimum atomic E-state index is -0.785. The van der Waals surface area contributed by atoms with Gasteiger partial charge in [-0.1, -0.05) is 78.9 Å². The van der Waals surface area contributed by atoms with Crippen molar-refractivity contribution in [3.63, 3.8) is 0 Å². The largest absolute Gasteiger partial charge is 0.485 e. The third kappa shape index (κ3) is 4.40. The molecule has 168 valence electrons. The lowest BCUT2D eigenvalue weighted by atomic mass is 9.93. The zero-order chi connectivity index (χ0) is 24.2. The molecule has 0 amide bonds. The first kappa shape index (κ1) is 22.1. The number of aliphatic imine (C=N–C) groups is 1. The summed E-state index contributed by atoms with van der Waals surface area (Å²) in [4.78, 5) is 4.76. The topological polar surface area (TPSA) is 69.2 Å². The van der Waals surface area contributed by atoms with Crippen molar-refractivity contribution in [2.24, 2.45) is 4.99 Å². The Morgan fingerprint density at radius 1 is 0.886 bits per heavy atom. The van der Waals surface area contributed by atoms with Gasteiger partial charge in [0.25, 0.3) is 0 Å². The molecule has 0 saturated heterocycles. The van der Waals surface area contributed by atoms with Crippen LogP contribution in [0.4, 0.5) is 4.39 Å². The summed E-state index contributed by atoms with van der Waals surface area (Å²) in [6.07, 6.45) is 0.113. The van der Waals surface area contributed by atoms with Crippen LogP contribution in [0.3, 0.4) is 0 Å². The quantitative estimate of drug-likeness (QED) is 0.334. The van der Waals surface area contributed by atoms with Crippen LogP contribution < -0.4 is 4.74 Å². The molecule has 1 atom stereocenters. The normalized spacial score (nSPS) is 12.2. The molecule has 0 aromatic heterocycles. The first-order valence-electron chi connectivity index (χ1n) is 11.2. The fourth-order valence-electron chi connectivity index (χ4n) is 4.30. The zero-order valence-electron chi connectivity index (χ0n) is 18.8. The van der Waals surface area contributed by atoms with Gasteiger partial charge in [0, 0.05) is 23.1 Å². The third-order valence-electron chi connectivity index (χ3n) is 6.02. The molecule has 1 heterocycles. The van der Waals surface area contributed by atoms with Crippen LogP contribution in [0.25, 0.3) is 11.1 Å². The maximum Gasteiger partial charge on any atom is 0.169 e. The van der Waals surface area contributed by atoms with Gasteiger partial charge >= 0.3 is 0 Å². The molecule has 1 unspecified atom stereocenters. The van der Waals surface area contributed by atoms with Crippen LogP contribution in [-0.2, 0) is 13.0 Å². The molecule has 0 N–H and O–H groups in total. The molecule has 4 nitrogen and oxygen atoms in total. The summed E-state index contributed by atoms with van der Waals surface area (Å²) in [5.74, 6) is -0.305. The Balaban J connectivity index is 1.50. The van der Waals surface area contributed by atoms with Crippen molar-refractivity contribution >= 4 is 5.71 Å². The van der Waals surface area contributed by atoms with Crippen molar-refractivity contribution in [2.75, 3.05) is 0 Å². The van der Waals surface area contributed by atoms with Crippen LogP contribution >= 0.6 is 0 Å². The van der Waals surface area contributed by atoms with Crippen LogP contribution in [0.15, 0.2) is 96.0 Å². The predicted octanol–water partition coefficient (Wildman–Crippen LogP) is 6.23. The Labute approximate surface area is 203 Å². The molecule has 4 aromatic rings. The third-order valence-corrected chi connectivity index (χ3v) is 6.02. The van der Waals surface area contributed by atoms with E-state index in [0.717, 1.165) is 22.3 Å². The predicted molar refractivity (Wildman–Crippen MR) is 133 cm³/mol. The molecule has 0 saturated carbocycles. The SMILES string of the molecule is N#Cc1ccc2c(c1)COc1c-2ccc(CC(C#N)N=C(c2ccccc2)c2ccccc2)c1F. The standard InChI is InChI=1S/C30H20FN3O/c31-28-23(12-14-27-26-13-11-20(17-32)15-24(26)19-35-30(27)28)16-25(18-33)34-29(21-7-3-1-4-8-21)22-9-5-2-6-10-22/h1-15,25H,16,19H2. The van der Waals surface area contributed by atoms with Gasteiger partial charge in [-0.3, -0.25) is 4.99 Å². The van der Waals surface area contributed by atoms with E-state index >= 15 is 4.39 Å². The molecule has 0 fully saturated rings. The van der Waals surface area contributed by atoms with Gasteiger partial charge in [0.2, 0.25) is 0 Å². The van der Waals surface area contributed by atoms with E-state index in [4.69, 9.17) is 15.0 Å². The van der Waals surface area contributed by atoms with Gasteiger partial charge in [-0.25, -0.2) is 4.39 Å². The number of fused-ring (bicyclic) bond motifs is 3. The average Bonchev–Trinajstić information content (AvgIpc) is 2.92. The summed E-state index contributed by atoms with van der Waals surface area (Å²) >= 11 is 0. The highest BCUT2D eigenvalue weighted by Crippen LogP contribution is 2.40. The van der Waals surface area contributed by atoms with Crippen molar-refractivity contribution in [2.45, 2.75) is 19.1 Å². The van der Waals surface area contributed by atoms with Crippen LogP contribution in [0.2, 0.25) is 0 Å². The second-order valence-corrected chi connectivity index (χ2v) is 8.25. The van der Waals surface area contributed by atoms with E-state index in [1.165, 1.54) is 0 Å². The van der Waals surface area contributed by atoms with Crippen LogP contribution in [-0.4, -0.2) is 11.8 Å². The van der Waals surface area contributed by atoms with Crippen molar-refractivity contribution in [1.29, 1.82) is 10.5 Å². The summed E-state index contributed by atoms with van der Waals surface area (Å²) in [6.45, 7) is 0.185. The molecule has 5 rings (SSSR count). The van der Waals surface area contributed by atoms with E-state index in [1.54, 1.807) is 18.2 Å². The van der Waals surface area contributed by atoms with Gasteiger partial charge in [0.05, 0.1) is 23.4 Å². The van der Waals surface area contributed by atoms with E-state index in [2.05, 4.69) is 12.1 Å². The second kappa shape index (κ2) is 9.63. The van der Waals surface area contributed by atoms with Crippen LogP contribution in [0, 0.1) is 28.5 Å².